The van der Waals surface area contributed by atoms with Crippen LogP contribution in [0.3, 0.4) is 0 Å². The zero-order valence-corrected chi connectivity index (χ0v) is 12.6. The number of pyridine rings is 1. The number of aromatic nitrogens is 5. The van der Waals surface area contributed by atoms with Gasteiger partial charge < -0.3 is 9.64 Å². The van der Waals surface area contributed by atoms with Crippen molar-refractivity contribution in [2.45, 2.75) is 12.5 Å². The van der Waals surface area contributed by atoms with Crippen LogP contribution in [0.2, 0.25) is 0 Å². The van der Waals surface area contributed by atoms with Gasteiger partial charge in [-0.2, -0.15) is 10.1 Å². The van der Waals surface area contributed by atoms with Crippen LogP contribution in [0.1, 0.15) is 6.42 Å². The van der Waals surface area contributed by atoms with Crippen molar-refractivity contribution in [1.29, 1.82) is 0 Å². The van der Waals surface area contributed by atoms with E-state index in [-0.39, 0.29) is 11.7 Å². The quantitative estimate of drug-likeness (QED) is 0.766. The molecular formula is C15H16N6O2. The highest BCUT2D eigenvalue weighted by molar-refractivity contribution is 5.74. The molecule has 3 aromatic rings. The van der Waals surface area contributed by atoms with Gasteiger partial charge in [0.05, 0.1) is 12.7 Å². The Hall–Kier alpha value is -2.90. The normalized spacial score (nSPS) is 17.8. The number of ether oxygens (including phenoxy) is 1. The second kappa shape index (κ2) is 5.38. The summed E-state index contributed by atoms with van der Waals surface area (Å²) < 4.78 is 7.54. The smallest absolute Gasteiger partial charge is 0.263 e. The summed E-state index contributed by atoms with van der Waals surface area (Å²) in [5.74, 6) is 1.36. The molecule has 0 unspecified atom stereocenters. The minimum absolute atomic E-state index is 0.0601. The molecule has 8 nitrogen and oxygen atoms in total. The molecule has 0 saturated carbocycles. The number of hydrogen-bond donors (Lipinski definition) is 1. The Bertz CT molecular complexity index is 888. The first-order chi connectivity index (χ1) is 11.2. The fourth-order valence-corrected chi connectivity index (χ4v) is 2.80. The van der Waals surface area contributed by atoms with Gasteiger partial charge in [-0.1, -0.05) is 0 Å². The van der Waals surface area contributed by atoms with E-state index in [4.69, 9.17) is 4.74 Å². The average molecular weight is 312 g/mol. The predicted octanol–water partition coefficient (Wildman–Crippen LogP) is 0.709. The summed E-state index contributed by atoms with van der Waals surface area (Å²) in [6.45, 7) is 1.46. The van der Waals surface area contributed by atoms with Gasteiger partial charge in [0.25, 0.3) is 5.56 Å². The topological polar surface area (TPSA) is 88.9 Å². The van der Waals surface area contributed by atoms with Crippen LogP contribution in [0.25, 0.3) is 11.0 Å². The largest absolute Gasteiger partial charge is 0.488 e. The number of hydrogen-bond acceptors (Lipinski definition) is 6. The van der Waals surface area contributed by atoms with Crippen molar-refractivity contribution in [2.75, 3.05) is 18.0 Å². The Balaban J connectivity index is 1.55. The molecule has 0 spiro atoms. The summed E-state index contributed by atoms with van der Waals surface area (Å²) in [5, 5.41) is 4.58. The summed E-state index contributed by atoms with van der Waals surface area (Å²) in [7, 11) is 1.78. The second-order valence-corrected chi connectivity index (χ2v) is 5.55. The number of anilines is 1. The van der Waals surface area contributed by atoms with E-state index in [9.17, 15) is 4.79 Å². The zero-order chi connectivity index (χ0) is 15.8. The van der Waals surface area contributed by atoms with Crippen molar-refractivity contribution in [3.63, 3.8) is 0 Å². The van der Waals surface area contributed by atoms with E-state index in [1.54, 1.807) is 24.1 Å². The van der Waals surface area contributed by atoms with E-state index in [0.29, 0.717) is 23.5 Å². The van der Waals surface area contributed by atoms with Crippen LogP contribution in [0, 0.1) is 0 Å². The average Bonchev–Trinajstić information content (AvgIpc) is 3.16. The molecule has 3 aromatic heterocycles. The number of nitrogens with zero attached hydrogens (tertiary/aromatic N) is 5. The van der Waals surface area contributed by atoms with Crippen LogP contribution in [0.15, 0.2) is 35.5 Å². The predicted molar refractivity (Wildman–Crippen MR) is 84.6 cm³/mol. The van der Waals surface area contributed by atoms with Crippen LogP contribution in [-0.4, -0.2) is 43.9 Å². The fourth-order valence-electron chi connectivity index (χ4n) is 2.80. The van der Waals surface area contributed by atoms with E-state index < -0.39 is 0 Å². The molecule has 1 saturated heterocycles. The van der Waals surface area contributed by atoms with E-state index in [1.165, 1.54) is 6.20 Å². The summed E-state index contributed by atoms with van der Waals surface area (Å²) in [6, 6.07) is 3.68. The van der Waals surface area contributed by atoms with E-state index in [0.717, 1.165) is 18.7 Å². The first-order valence-electron chi connectivity index (χ1n) is 7.44. The molecule has 23 heavy (non-hydrogen) atoms. The molecule has 0 bridgehead atoms. The Labute approximate surface area is 131 Å². The Morgan fingerprint density at radius 2 is 2.17 bits per heavy atom. The van der Waals surface area contributed by atoms with E-state index >= 15 is 0 Å². The third-order valence-corrected chi connectivity index (χ3v) is 3.99. The van der Waals surface area contributed by atoms with Gasteiger partial charge in [-0.25, -0.2) is 0 Å². The molecule has 1 N–H and O–H groups in total. The maximum Gasteiger partial charge on any atom is 0.263 e. The summed E-state index contributed by atoms with van der Waals surface area (Å²) >= 11 is 0. The fraction of sp³-hybridized carbons (Fsp3) is 0.333. The maximum atomic E-state index is 12.1. The van der Waals surface area contributed by atoms with E-state index in [2.05, 4.69) is 20.1 Å². The second-order valence-electron chi connectivity index (χ2n) is 5.55. The third-order valence-electron chi connectivity index (χ3n) is 3.99. The summed E-state index contributed by atoms with van der Waals surface area (Å²) in [5.41, 5.74) is 0.416. The van der Waals surface area contributed by atoms with Gasteiger partial charge >= 0.3 is 0 Å². The lowest BCUT2D eigenvalue weighted by Gasteiger charge is -2.17. The molecular weight excluding hydrogens is 296 g/mol. The number of nitrogens with one attached hydrogen (secondary N) is 1. The van der Waals surface area contributed by atoms with Gasteiger partial charge in [-0.15, -0.1) is 0 Å². The molecule has 8 heteroatoms. The molecule has 4 rings (SSSR count). The van der Waals surface area contributed by atoms with Crippen molar-refractivity contribution in [1.82, 2.24) is 24.7 Å². The molecule has 1 aliphatic heterocycles. The van der Waals surface area contributed by atoms with Crippen molar-refractivity contribution in [3.8, 4) is 5.75 Å². The van der Waals surface area contributed by atoms with Gasteiger partial charge in [0.1, 0.15) is 17.2 Å². The van der Waals surface area contributed by atoms with Crippen LogP contribution in [0.5, 0.6) is 5.75 Å². The maximum absolute atomic E-state index is 12.1. The number of aromatic amines is 1. The van der Waals surface area contributed by atoms with Gasteiger partial charge in [0, 0.05) is 32.4 Å². The zero-order valence-electron chi connectivity index (χ0n) is 12.6. The third kappa shape index (κ3) is 2.52. The molecule has 0 radical (unpaired) electrons. The molecule has 118 valence electrons. The van der Waals surface area contributed by atoms with Gasteiger partial charge in [-0.3, -0.25) is 19.4 Å². The molecule has 0 aromatic carbocycles. The van der Waals surface area contributed by atoms with Crippen molar-refractivity contribution in [2.24, 2.45) is 7.05 Å². The number of H-pyrrole nitrogens is 1. The van der Waals surface area contributed by atoms with Crippen molar-refractivity contribution in [3.05, 3.63) is 41.1 Å². The minimum Gasteiger partial charge on any atom is -0.488 e. The highest BCUT2D eigenvalue weighted by Crippen LogP contribution is 2.21. The first kappa shape index (κ1) is 13.7. The molecule has 1 fully saturated rings. The molecule has 0 aliphatic carbocycles. The van der Waals surface area contributed by atoms with Crippen molar-refractivity contribution >= 4 is 17.0 Å². The molecule has 1 aliphatic rings. The number of fused-ring (bicyclic) bond motifs is 1. The molecule has 4 heterocycles. The van der Waals surface area contributed by atoms with Crippen LogP contribution >= 0.6 is 0 Å². The SMILES string of the molecule is Cn1ncc2c(=O)[nH]c(N3CC[C@@H](Oc4ccncc4)C3)nc21. The molecule has 1 atom stereocenters. The Kier molecular flexibility index (Phi) is 3.22. The van der Waals surface area contributed by atoms with Gasteiger partial charge in [0.15, 0.2) is 5.65 Å². The highest BCUT2D eigenvalue weighted by atomic mass is 16.5. The van der Waals surface area contributed by atoms with Crippen LogP contribution < -0.4 is 15.2 Å². The highest BCUT2D eigenvalue weighted by Gasteiger charge is 2.26. The first-order valence-corrected chi connectivity index (χ1v) is 7.44. The minimum atomic E-state index is -0.170. The number of rotatable bonds is 3. The van der Waals surface area contributed by atoms with E-state index in [1.807, 2.05) is 17.0 Å². The molecule has 0 amide bonds. The van der Waals surface area contributed by atoms with Crippen LogP contribution in [0.4, 0.5) is 5.95 Å². The standard InChI is InChI=1S/C15H16N6O2/c1-20-13-12(8-17-20)14(22)19-15(18-13)21-7-4-11(9-21)23-10-2-5-16-6-3-10/h2-3,5-6,8,11H,4,7,9H2,1H3,(H,18,19,22)/t11-/m1/s1. The van der Waals surface area contributed by atoms with Crippen molar-refractivity contribution < 1.29 is 4.74 Å². The number of aryl methyl sites for hydroxylation is 1. The Morgan fingerprint density at radius 1 is 1.35 bits per heavy atom. The lowest BCUT2D eigenvalue weighted by atomic mass is 10.3. The lowest BCUT2D eigenvalue weighted by molar-refractivity contribution is 0.224. The lowest BCUT2D eigenvalue weighted by Crippen LogP contribution is -2.28. The summed E-state index contributed by atoms with van der Waals surface area (Å²) in [4.78, 5) is 25.5. The monoisotopic (exact) mass is 312 g/mol. The van der Waals surface area contributed by atoms with Gasteiger partial charge in [0.2, 0.25) is 5.95 Å². The summed E-state index contributed by atoms with van der Waals surface area (Å²) in [6.07, 6.45) is 5.87. The Morgan fingerprint density at radius 3 is 3.00 bits per heavy atom. The van der Waals surface area contributed by atoms with Gasteiger partial charge in [-0.05, 0) is 12.1 Å². The van der Waals surface area contributed by atoms with Crippen LogP contribution in [-0.2, 0) is 7.05 Å².